The van der Waals surface area contributed by atoms with Crippen LogP contribution in [0.5, 0.6) is 0 Å². The van der Waals surface area contributed by atoms with Crippen LogP contribution >= 0.6 is 0 Å². The molecule has 1 N–H and O–H groups in total. The number of carbonyl (C=O) groups is 1. The number of hydrogen-bond donors (Lipinski definition) is 1. The van der Waals surface area contributed by atoms with E-state index in [9.17, 15) is 13.2 Å². The zero-order valence-corrected chi connectivity index (χ0v) is 11.8. The molecule has 0 saturated carbocycles. The maximum absolute atomic E-state index is 12.1. The van der Waals surface area contributed by atoms with E-state index in [2.05, 4.69) is 4.98 Å². The zero-order valence-electron chi connectivity index (χ0n) is 11.0. The fraction of sp³-hybridized carbons (Fsp3) is 0.500. The Morgan fingerprint density at radius 2 is 2.11 bits per heavy atom. The van der Waals surface area contributed by atoms with Crippen molar-refractivity contribution in [1.29, 1.82) is 0 Å². The predicted molar refractivity (Wildman–Crippen MR) is 71.0 cm³/mol. The van der Waals surface area contributed by atoms with Gasteiger partial charge < -0.3 is 5.11 Å². The van der Waals surface area contributed by atoms with Crippen molar-refractivity contribution in [3.05, 3.63) is 30.1 Å². The number of carboxylic acid groups (broad SMARTS) is 1. The van der Waals surface area contributed by atoms with E-state index in [0.29, 0.717) is 5.69 Å². The molecular weight excluding hydrogens is 268 g/mol. The molecule has 7 heteroatoms. The van der Waals surface area contributed by atoms with Gasteiger partial charge in [0, 0.05) is 12.2 Å². The molecule has 106 valence electrons. The molecule has 0 saturated heterocycles. The molecule has 0 bridgehead atoms. The number of pyridine rings is 1. The fourth-order valence-electron chi connectivity index (χ4n) is 1.59. The highest BCUT2D eigenvalue weighted by atomic mass is 32.2. The first kappa shape index (κ1) is 15.6. The van der Waals surface area contributed by atoms with Crippen LogP contribution in [0, 0.1) is 0 Å². The maximum Gasteiger partial charge on any atom is 0.304 e. The van der Waals surface area contributed by atoms with Gasteiger partial charge in [-0.15, -0.1) is 0 Å². The summed E-state index contributed by atoms with van der Waals surface area (Å²) >= 11 is 0. The van der Waals surface area contributed by atoms with Crippen molar-refractivity contribution < 1.29 is 18.3 Å². The van der Waals surface area contributed by atoms with Gasteiger partial charge in [0.1, 0.15) is 0 Å². The number of carboxylic acids is 1. The van der Waals surface area contributed by atoms with E-state index >= 15 is 0 Å². The van der Waals surface area contributed by atoms with Crippen molar-refractivity contribution in [3.8, 4) is 0 Å². The van der Waals surface area contributed by atoms with Crippen LogP contribution in [0.1, 0.15) is 26.0 Å². The van der Waals surface area contributed by atoms with Crippen LogP contribution < -0.4 is 0 Å². The van der Waals surface area contributed by atoms with Crippen LogP contribution in [0.3, 0.4) is 0 Å². The Kier molecular flexibility index (Phi) is 5.44. The van der Waals surface area contributed by atoms with E-state index in [4.69, 9.17) is 5.11 Å². The van der Waals surface area contributed by atoms with Crippen molar-refractivity contribution in [1.82, 2.24) is 9.29 Å². The third kappa shape index (κ3) is 4.96. The van der Waals surface area contributed by atoms with Crippen LogP contribution in [0.4, 0.5) is 0 Å². The van der Waals surface area contributed by atoms with Crippen LogP contribution in [-0.2, 0) is 21.4 Å². The van der Waals surface area contributed by atoms with Gasteiger partial charge in [0.15, 0.2) is 0 Å². The van der Waals surface area contributed by atoms with Gasteiger partial charge in [-0.05, 0) is 26.0 Å². The quantitative estimate of drug-likeness (QED) is 0.811. The van der Waals surface area contributed by atoms with Crippen molar-refractivity contribution in [3.63, 3.8) is 0 Å². The van der Waals surface area contributed by atoms with Gasteiger partial charge in [-0.1, -0.05) is 6.07 Å². The Hall–Kier alpha value is -1.47. The number of nitrogens with zero attached hydrogens (tertiary/aromatic N) is 2. The number of hydrogen-bond acceptors (Lipinski definition) is 4. The lowest BCUT2D eigenvalue weighted by atomic mass is 10.3. The molecule has 0 fully saturated rings. The number of sulfonamides is 1. The van der Waals surface area contributed by atoms with Gasteiger partial charge >= 0.3 is 5.97 Å². The summed E-state index contributed by atoms with van der Waals surface area (Å²) in [6.45, 7) is 3.66. The summed E-state index contributed by atoms with van der Waals surface area (Å²) in [5.41, 5.74) is 0.634. The molecule has 1 aromatic heterocycles. The minimum atomic E-state index is -3.60. The van der Waals surface area contributed by atoms with Gasteiger partial charge in [-0.3, -0.25) is 9.78 Å². The Balaban J connectivity index is 2.85. The highest BCUT2D eigenvalue weighted by molar-refractivity contribution is 7.89. The van der Waals surface area contributed by atoms with Crippen molar-refractivity contribution in [2.75, 3.05) is 5.75 Å². The second-order valence-corrected chi connectivity index (χ2v) is 6.46. The molecule has 0 spiro atoms. The minimum Gasteiger partial charge on any atom is -0.481 e. The lowest BCUT2D eigenvalue weighted by Crippen LogP contribution is -2.38. The predicted octanol–water partition coefficient (Wildman–Crippen LogP) is 1.10. The molecule has 1 rings (SSSR count). The third-order valence-electron chi connectivity index (χ3n) is 2.55. The van der Waals surface area contributed by atoms with Crippen molar-refractivity contribution in [2.45, 2.75) is 32.9 Å². The lowest BCUT2D eigenvalue weighted by Gasteiger charge is -2.25. The van der Waals surface area contributed by atoms with E-state index in [1.54, 1.807) is 38.2 Å². The molecule has 0 aromatic carbocycles. The third-order valence-corrected chi connectivity index (χ3v) is 4.54. The molecule has 0 aliphatic heterocycles. The smallest absolute Gasteiger partial charge is 0.304 e. The average Bonchev–Trinajstić information content (AvgIpc) is 2.34. The van der Waals surface area contributed by atoms with Gasteiger partial charge in [0.25, 0.3) is 0 Å². The first-order valence-electron chi connectivity index (χ1n) is 5.94. The summed E-state index contributed by atoms with van der Waals surface area (Å²) in [5, 5.41) is 8.59. The summed E-state index contributed by atoms with van der Waals surface area (Å²) < 4.78 is 25.5. The SMILES string of the molecule is CC(C)N(Cc1ccccn1)S(=O)(=O)CCC(=O)O. The minimum absolute atomic E-state index is 0.153. The van der Waals surface area contributed by atoms with Crippen LogP contribution in [0.15, 0.2) is 24.4 Å². The van der Waals surface area contributed by atoms with E-state index in [-0.39, 0.29) is 12.6 Å². The summed E-state index contributed by atoms with van der Waals surface area (Å²) in [5.74, 6) is -1.52. The molecule has 19 heavy (non-hydrogen) atoms. The maximum atomic E-state index is 12.1. The molecule has 0 atom stereocenters. The summed E-state index contributed by atoms with van der Waals surface area (Å²) in [4.78, 5) is 14.6. The molecule has 6 nitrogen and oxygen atoms in total. The topological polar surface area (TPSA) is 87.6 Å². The molecule has 0 unspecified atom stereocenters. The second-order valence-electron chi connectivity index (χ2n) is 4.42. The Bertz CT molecular complexity index is 514. The summed E-state index contributed by atoms with van der Waals surface area (Å²) in [6.07, 6.45) is 1.20. The number of aliphatic carboxylic acids is 1. The van der Waals surface area contributed by atoms with E-state index < -0.39 is 28.2 Å². The van der Waals surface area contributed by atoms with Crippen LogP contribution in [-0.4, -0.2) is 40.6 Å². The molecule has 0 aliphatic rings. The molecule has 0 aliphatic carbocycles. The van der Waals surface area contributed by atoms with E-state index in [1.165, 1.54) is 4.31 Å². The highest BCUT2D eigenvalue weighted by Gasteiger charge is 2.26. The Labute approximate surface area is 113 Å². The molecule has 1 heterocycles. The van der Waals surface area contributed by atoms with Gasteiger partial charge in [0.05, 0.1) is 24.4 Å². The first-order valence-corrected chi connectivity index (χ1v) is 7.55. The summed E-state index contributed by atoms with van der Waals surface area (Å²) in [6, 6.07) is 5.02. The molecule has 1 aromatic rings. The summed E-state index contributed by atoms with van der Waals surface area (Å²) in [7, 11) is -3.60. The Morgan fingerprint density at radius 3 is 2.58 bits per heavy atom. The Morgan fingerprint density at radius 1 is 1.42 bits per heavy atom. The lowest BCUT2D eigenvalue weighted by molar-refractivity contribution is -0.136. The zero-order chi connectivity index (χ0) is 14.5. The highest BCUT2D eigenvalue weighted by Crippen LogP contribution is 2.13. The molecule has 0 amide bonds. The monoisotopic (exact) mass is 286 g/mol. The van der Waals surface area contributed by atoms with Crippen molar-refractivity contribution >= 4 is 16.0 Å². The average molecular weight is 286 g/mol. The van der Waals surface area contributed by atoms with Crippen LogP contribution in [0.2, 0.25) is 0 Å². The molecule has 0 radical (unpaired) electrons. The molecular formula is C12H18N2O4S. The number of aromatic nitrogens is 1. The van der Waals surface area contributed by atoms with Gasteiger partial charge in [0.2, 0.25) is 10.0 Å². The fourth-order valence-corrected chi connectivity index (χ4v) is 3.23. The van der Waals surface area contributed by atoms with Crippen LogP contribution in [0.25, 0.3) is 0 Å². The standard InChI is InChI=1S/C12H18N2O4S/c1-10(2)14(9-11-5-3-4-7-13-11)19(17,18)8-6-12(15)16/h3-5,7,10H,6,8-9H2,1-2H3,(H,15,16). The normalized spacial score (nSPS) is 12.0. The van der Waals surface area contributed by atoms with E-state index in [0.717, 1.165) is 0 Å². The first-order chi connectivity index (χ1) is 8.83. The van der Waals surface area contributed by atoms with Gasteiger partial charge in [-0.2, -0.15) is 4.31 Å². The second kappa shape index (κ2) is 6.63. The number of rotatable bonds is 7. The van der Waals surface area contributed by atoms with E-state index in [1.807, 2.05) is 0 Å². The van der Waals surface area contributed by atoms with Gasteiger partial charge in [-0.25, -0.2) is 8.42 Å². The van der Waals surface area contributed by atoms with Crippen molar-refractivity contribution in [2.24, 2.45) is 0 Å². The largest absolute Gasteiger partial charge is 0.481 e.